The molecule has 2 N–H and O–H groups in total. The SMILES string of the molecule is N=Nc1ccccc1C(=O)OC(=O)CC(=O)OC(=O)c1ccccc1N=N. The maximum Gasteiger partial charge on any atom is 0.348 e. The Bertz CT molecular complexity index is 865. The summed E-state index contributed by atoms with van der Waals surface area (Å²) in [7, 11) is 0. The van der Waals surface area contributed by atoms with E-state index in [9.17, 15) is 19.2 Å². The first-order chi connectivity index (χ1) is 13.0. The molecule has 0 fully saturated rings. The van der Waals surface area contributed by atoms with E-state index in [-0.39, 0.29) is 22.5 Å². The third kappa shape index (κ3) is 4.95. The zero-order valence-electron chi connectivity index (χ0n) is 13.7. The predicted octanol–water partition coefficient (Wildman–Crippen LogP) is 3.47. The molecule has 0 saturated heterocycles. The average Bonchev–Trinajstić information content (AvgIpc) is 2.67. The summed E-state index contributed by atoms with van der Waals surface area (Å²) in [6, 6.07) is 11.4. The number of esters is 4. The number of nitrogens with one attached hydrogen (secondary N) is 2. The summed E-state index contributed by atoms with van der Waals surface area (Å²) >= 11 is 0. The Morgan fingerprint density at radius 1 is 0.704 bits per heavy atom. The van der Waals surface area contributed by atoms with Crippen LogP contribution in [0.15, 0.2) is 58.8 Å². The number of hydrogen-bond donors (Lipinski definition) is 2. The van der Waals surface area contributed by atoms with Crippen molar-refractivity contribution in [1.29, 1.82) is 11.1 Å². The normalized spacial score (nSPS) is 9.78. The smallest absolute Gasteiger partial charge is 0.348 e. The molecule has 0 heterocycles. The minimum Gasteiger partial charge on any atom is -0.389 e. The zero-order chi connectivity index (χ0) is 19.8. The predicted molar refractivity (Wildman–Crippen MR) is 88.0 cm³/mol. The molecular formula is C17H12N4O6. The van der Waals surface area contributed by atoms with E-state index in [0.717, 1.165) is 0 Å². The average molecular weight is 368 g/mol. The van der Waals surface area contributed by atoms with E-state index in [1.807, 2.05) is 0 Å². The zero-order valence-corrected chi connectivity index (χ0v) is 13.7. The second-order valence-electron chi connectivity index (χ2n) is 4.96. The summed E-state index contributed by atoms with van der Waals surface area (Å²) in [5.41, 5.74) is 13.7. The lowest BCUT2D eigenvalue weighted by atomic mass is 10.2. The summed E-state index contributed by atoms with van der Waals surface area (Å²) in [5, 5.41) is 6.25. The second kappa shape index (κ2) is 8.85. The highest BCUT2D eigenvalue weighted by Gasteiger charge is 2.22. The van der Waals surface area contributed by atoms with Gasteiger partial charge in [0, 0.05) is 0 Å². The molecule has 0 spiro atoms. The molecule has 10 heteroatoms. The maximum absolute atomic E-state index is 11.9. The highest BCUT2D eigenvalue weighted by Crippen LogP contribution is 2.20. The van der Waals surface area contributed by atoms with Crippen LogP contribution < -0.4 is 0 Å². The van der Waals surface area contributed by atoms with Gasteiger partial charge >= 0.3 is 23.9 Å². The molecule has 0 aliphatic carbocycles. The number of hydrogen-bond acceptors (Lipinski definition) is 10. The number of rotatable bonds is 6. The Morgan fingerprint density at radius 2 is 1.07 bits per heavy atom. The maximum atomic E-state index is 11.9. The van der Waals surface area contributed by atoms with Crippen molar-refractivity contribution in [2.75, 3.05) is 0 Å². The molecule has 2 aromatic carbocycles. The number of ether oxygens (including phenoxy) is 2. The van der Waals surface area contributed by atoms with Crippen molar-refractivity contribution in [3.8, 4) is 0 Å². The van der Waals surface area contributed by atoms with E-state index in [0.29, 0.717) is 0 Å². The second-order valence-corrected chi connectivity index (χ2v) is 4.96. The minimum atomic E-state index is -1.24. The number of carbonyl (C=O) groups is 4. The van der Waals surface area contributed by atoms with Crippen molar-refractivity contribution in [1.82, 2.24) is 0 Å². The van der Waals surface area contributed by atoms with Gasteiger partial charge in [-0.15, -0.1) is 0 Å². The van der Waals surface area contributed by atoms with Gasteiger partial charge in [-0.2, -0.15) is 10.2 Å². The van der Waals surface area contributed by atoms with E-state index >= 15 is 0 Å². The van der Waals surface area contributed by atoms with Crippen LogP contribution in [0.4, 0.5) is 11.4 Å². The molecule has 0 aliphatic heterocycles. The monoisotopic (exact) mass is 368 g/mol. The Hall–Kier alpha value is -4.08. The van der Waals surface area contributed by atoms with Crippen molar-refractivity contribution in [3.63, 3.8) is 0 Å². The molecule has 0 atom stereocenters. The number of benzene rings is 2. The van der Waals surface area contributed by atoms with E-state index in [1.54, 1.807) is 0 Å². The van der Waals surface area contributed by atoms with Crippen LogP contribution >= 0.6 is 0 Å². The Labute approximate surface area is 152 Å². The number of para-hydroxylation sites is 2. The third-order valence-electron chi connectivity index (χ3n) is 3.19. The van der Waals surface area contributed by atoms with Crippen LogP contribution in [0.1, 0.15) is 27.1 Å². The fourth-order valence-electron chi connectivity index (χ4n) is 1.99. The molecule has 0 aromatic heterocycles. The quantitative estimate of drug-likeness (QED) is 0.451. The molecule has 136 valence electrons. The van der Waals surface area contributed by atoms with Gasteiger partial charge in [0.1, 0.15) is 6.42 Å². The van der Waals surface area contributed by atoms with Crippen molar-refractivity contribution in [2.45, 2.75) is 6.42 Å². The number of carbonyl (C=O) groups excluding carboxylic acids is 4. The molecule has 10 nitrogen and oxygen atoms in total. The van der Waals surface area contributed by atoms with E-state index in [4.69, 9.17) is 11.1 Å². The summed E-state index contributed by atoms with van der Waals surface area (Å²) < 4.78 is 9.00. The summed E-state index contributed by atoms with van der Waals surface area (Å²) in [6.45, 7) is 0. The summed E-state index contributed by atoms with van der Waals surface area (Å²) in [6.07, 6.45) is -0.988. The third-order valence-corrected chi connectivity index (χ3v) is 3.19. The van der Waals surface area contributed by atoms with Gasteiger partial charge in [-0.1, -0.05) is 24.3 Å². The summed E-state index contributed by atoms with van der Waals surface area (Å²) in [4.78, 5) is 47.2. The first kappa shape index (κ1) is 19.2. The lowest BCUT2D eigenvalue weighted by molar-refractivity contribution is -0.147. The van der Waals surface area contributed by atoms with Crippen molar-refractivity contribution in [3.05, 3.63) is 59.7 Å². The van der Waals surface area contributed by atoms with Crippen molar-refractivity contribution < 1.29 is 28.7 Å². The van der Waals surface area contributed by atoms with Gasteiger partial charge in [-0.25, -0.2) is 20.7 Å². The van der Waals surface area contributed by atoms with Gasteiger partial charge in [0.25, 0.3) is 0 Å². The molecule has 0 saturated carbocycles. The molecule has 27 heavy (non-hydrogen) atoms. The van der Waals surface area contributed by atoms with Crippen LogP contribution in [0.25, 0.3) is 0 Å². The van der Waals surface area contributed by atoms with Crippen molar-refractivity contribution in [2.24, 2.45) is 10.2 Å². The topological polar surface area (TPSA) is 159 Å². The fraction of sp³-hybridized carbons (Fsp3) is 0.0588. The summed E-state index contributed by atoms with van der Waals surface area (Å²) in [5.74, 6) is -4.67. The Kier molecular flexibility index (Phi) is 6.31. The largest absolute Gasteiger partial charge is 0.389 e. The highest BCUT2D eigenvalue weighted by molar-refractivity contribution is 6.06. The van der Waals surface area contributed by atoms with E-state index in [2.05, 4.69) is 19.7 Å². The molecule has 2 aromatic rings. The van der Waals surface area contributed by atoms with Gasteiger partial charge in [0.05, 0.1) is 22.5 Å². The minimum absolute atomic E-state index is 0.0104. The van der Waals surface area contributed by atoms with Crippen LogP contribution in [0.3, 0.4) is 0 Å². The van der Waals surface area contributed by atoms with Crippen LogP contribution in [-0.2, 0) is 19.1 Å². The van der Waals surface area contributed by atoms with E-state index in [1.165, 1.54) is 48.5 Å². The molecule has 0 bridgehead atoms. The molecule has 0 radical (unpaired) electrons. The highest BCUT2D eigenvalue weighted by atomic mass is 16.6. The van der Waals surface area contributed by atoms with Gasteiger partial charge in [-0.3, -0.25) is 9.59 Å². The van der Waals surface area contributed by atoms with Gasteiger partial charge in [0.15, 0.2) is 0 Å². The molecule has 0 aliphatic rings. The Balaban J connectivity index is 1.96. The number of nitrogens with zero attached hydrogens (tertiary/aromatic N) is 2. The van der Waals surface area contributed by atoms with Crippen molar-refractivity contribution >= 4 is 35.3 Å². The first-order valence-electron chi connectivity index (χ1n) is 7.39. The van der Waals surface area contributed by atoms with Gasteiger partial charge < -0.3 is 9.47 Å². The lowest BCUT2D eigenvalue weighted by Crippen LogP contribution is -2.20. The van der Waals surface area contributed by atoms with Crippen LogP contribution in [0.2, 0.25) is 0 Å². The molecule has 0 amide bonds. The Morgan fingerprint density at radius 3 is 1.44 bits per heavy atom. The molecule has 2 rings (SSSR count). The molecule has 0 unspecified atom stereocenters. The van der Waals surface area contributed by atoms with E-state index < -0.39 is 30.3 Å². The van der Waals surface area contributed by atoms with Gasteiger partial charge in [-0.05, 0) is 24.3 Å². The van der Waals surface area contributed by atoms with Crippen LogP contribution in [0, 0.1) is 11.1 Å². The van der Waals surface area contributed by atoms with Gasteiger partial charge in [0.2, 0.25) is 0 Å². The molecular weight excluding hydrogens is 356 g/mol. The standard InChI is InChI=1S/C17H12N4O6/c18-20-12-7-3-1-5-10(12)16(24)26-14(22)9-15(23)27-17(25)11-6-2-4-8-13(11)21-19/h1-8,18-19H,9H2. The van der Waals surface area contributed by atoms with Crippen LogP contribution in [-0.4, -0.2) is 23.9 Å². The fourth-order valence-corrected chi connectivity index (χ4v) is 1.99. The lowest BCUT2D eigenvalue weighted by Gasteiger charge is -2.06. The van der Waals surface area contributed by atoms with Crippen LogP contribution in [0.5, 0.6) is 0 Å². The first-order valence-corrected chi connectivity index (χ1v) is 7.39.